The summed E-state index contributed by atoms with van der Waals surface area (Å²) < 4.78 is 13.0. The Hall–Kier alpha value is -2.69. The molecule has 0 bridgehead atoms. The van der Waals surface area contributed by atoms with Gasteiger partial charge in [0.05, 0.1) is 6.21 Å². The fourth-order valence-electron chi connectivity index (χ4n) is 2.45. The summed E-state index contributed by atoms with van der Waals surface area (Å²) in [6, 6.07) is 13.8. The molecule has 0 aromatic heterocycles. The lowest BCUT2D eigenvalue weighted by Gasteiger charge is -2.16. The Morgan fingerprint density at radius 1 is 1.27 bits per heavy atom. The molecule has 22 heavy (non-hydrogen) atoms. The topological polar surface area (TPSA) is 41.9 Å². The molecule has 2 aromatic rings. The summed E-state index contributed by atoms with van der Waals surface area (Å²) in [5.41, 5.74) is 2.68. The van der Waals surface area contributed by atoms with E-state index < -0.39 is 0 Å². The summed E-state index contributed by atoms with van der Waals surface area (Å²) in [5.74, 6) is -0.477. The molecule has 2 aromatic carbocycles. The molecule has 1 aliphatic heterocycles. The normalized spacial score (nSPS) is 13.4. The van der Waals surface area contributed by atoms with Crippen LogP contribution in [0.3, 0.4) is 0 Å². The number of halogens is 1. The molecule has 0 atom stereocenters. The number of para-hydroxylation sites is 1. The summed E-state index contributed by atoms with van der Waals surface area (Å²) in [6.45, 7) is 0.523. The Morgan fingerprint density at radius 3 is 3.00 bits per heavy atom. The van der Waals surface area contributed by atoms with E-state index in [2.05, 4.69) is 5.16 Å². The van der Waals surface area contributed by atoms with Crippen LogP contribution in [0, 0.1) is 5.82 Å². The summed E-state index contributed by atoms with van der Waals surface area (Å²) in [4.78, 5) is 18.9. The third-order valence-electron chi connectivity index (χ3n) is 3.50. The minimum Gasteiger partial charge on any atom is -0.386 e. The molecule has 0 saturated heterocycles. The molecule has 0 unspecified atom stereocenters. The SMILES string of the molecule is O=C(CO/N=C\c1cccc(F)c1)N1CCc2ccccc21. The van der Waals surface area contributed by atoms with Crippen molar-refractivity contribution in [1.82, 2.24) is 0 Å². The van der Waals surface area contributed by atoms with Gasteiger partial charge in [0.1, 0.15) is 5.82 Å². The minimum atomic E-state index is -0.339. The van der Waals surface area contributed by atoms with Gasteiger partial charge in [-0.2, -0.15) is 0 Å². The fraction of sp³-hybridized carbons (Fsp3) is 0.176. The van der Waals surface area contributed by atoms with Crippen LogP contribution < -0.4 is 4.90 Å². The highest BCUT2D eigenvalue weighted by molar-refractivity contribution is 5.96. The predicted octanol–water partition coefficient (Wildman–Crippen LogP) is 2.77. The molecule has 0 aliphatic carbocycles. The molecule has 5 heteroatoms. The minimum absolute atomic E-state index is 0.138. The Balaban J connectivity index is 1.55. The van der Waals surface area contributed by atoms with Crippen LogP contribution in [0.4, 0.5) is 10.1 Å². The zero-order valence-electron chi connectivity index (χ0n) is 11.9. The first kappa shape index (κ1) is 14.3. The highest BCUT2D eigenvalue weighted by Gasteiger charge is 2.24. The number of amides is 1. The van der Waals surface area contributed by atoms with Crippen LogP contribution in [0.1, 0.15) is 11.1 Å². The molecule has 1 amide bonds. The van der Waals surface area contributed by atoms with E-state index in [4.69, 9.17) is 4.84 Å². The van der Waals surface area contributed by atoms with E-state index in [9.17, 15) is 9.18 Å². The van der Waals surface area contributed by atoms with E-state index in [1.807, 2.05) is 24.3 Å². The van der Waals surface area contributed by atoms with Gasteiger partial charge in [-0.3, -0.25) is 4.79 Å². The van der Waals surface area contributed by atoms with Crippen molar-refractivity contribution in [3.05, 3.63) is 65.5 Å². The highest BCUT2D eigenvalue weighted by Crippen LogP contribution is 2.27. The number of fused-ring (bicyclic) bond motifs is 1. The quantitative estimate of drug-likeness (QED) is 0.643. The second-order valence-corrected chi connectivity index (χ2v) is 4.99. The van der Waals surface area contributed by atoms with E-state index in [1.165, 1.54) is 23.9 Å². The second-order valence-electron chi connectivity index (χ2n) is 4.99. The van der Waals surface area contributed by atoms with Crippen LogP contribution in [0.25, 0.3) is 0 Å². The second kappa shape index (κ2) is 6.39. The molecule has 112 valence electrons. The standard InChI is InChI=1S/C17H15FN2O2/c18-15-6-3-4-13(10-15)11-19-22-12-17(21)20-9-8-14-5-1-2-7-16(14)20/h1-7,10-11H,8-9,12H2/b19-11-. The van der Waals surface area contributed by atoms with Crippen LogP contribution in [0.15, 0.2) is 53.7 Å². The Labute approximate surface area is 127 Å². The maximum absolute atomic E-state index is 13.0. The van der Waals surface area contributed by atoms with Crippen molar-refractivity contribution < 1.29 is 14.0 Å². The monoisotopic (exact) mass is 298 g/mol. The lowest BCUT2D eigenvalue weighted by Crippen LogP contribution is -2.31. The molecular weight excluding hydrogens is 283 g/mol. The van der Waals surface area contributed by atoms with Crippen molar-refractivity contribution in [3.63, 3.8) is 0 Å². The van der Waals surface area contributed by atoms with Gasteiger partial charge in [-0.05, 0) is 35.7 Å². The van der Waals surface area contributed by atoms with Crippen LogP contribution in [-0.4, -0.2) is 25.3 Å². The van der Waals surface area contributed by atoms with Gasteiger partial charge in [0.15, 0.2) is 6.61 Å². The largest absolute Gasteiger partial charge is 0.386 e. The van der Waals surface area contributed by atoms with Crippen molar-refractivity contribution in [2.75, 3.05) is 18.1 Å². The number of hydrogen-bond donors (Lipinski definition) is 0. The zero-order chi connectivity index (χ0) is 15.4. The van der Waals surface area contributed by atoms with Crippen molar-refractivity contribution in [1.29, 1.82) is 0 Å². The van der Waals surface area contributed by atoms with Crippen molar-refractivity contribution in [2.24, 2.45) is 5.16 Å². The zero-order valence-corrected chi connectivity index (χ0v) is 11.9. The summed E-state index contributed by atoms with van der Waals surface area (Å²) in [5, 5.41) is 3.71. The summed E-state index contributed by atoms with van der Waals surface area (Å²) >= 11 is 0. The molecule has 4 nitrogen and oxygen atoms in total. The van der Waals surface area contributed by atoms with Crippen molar-refractivity contribution in [2.45, 2.75) is 6.42 Å². The predicted molar refractivity (Wildman–Crippen MR) is 82.4 cm³/mol. The molecule has 1 heterocycles. The van der Waals surface area contributed by atoms with E-state index in [0.717, 1.165) is 12.1 Å². The van der Waals surface area contributed by atoms with Crippen LogP contribution >= 0.6 is 0 Å². The molecule has 0 radical (unpaired) electrons. The molecule has 0 N–H and O–H groups in total. The molecule has 0 fully saturated rings. The van der Waals surface area contributed by atoms with Crippen molar-refractivity contribution >= 4 is 17.8 Å². The van der Waals surface area contributed by atoms with Gasteiger partial charge >= 0.3 is 0 Å². The molecule has 0 spiro atoms. The van der Waals surface area contributed by atoms with Gasteiger partial charge in [0.2, 0.25) is 0 Å². The van der Waals surface area contributed by atoms with E-state index >= 15 is 0 Å². The Morgan fingerprint density at radius 2 is 2.14 bits per heavy atom. The average Bonchev–Trinajstić information content (AvgIpc) is 2.95. The van der Waals surface area contributed by atoms with Crippen LogP contribution in [0.2, 0.25) is 0 Å². The van der Waals surface area contributed by atoms with Gasteiger partial charge < -0.3 is 9.74 Å². The van der Waals surface area contributed by atoms with Gasteiger partial charge in [0.25, 0.3) is 5.91 Å². The highest BCUT2D eigenvalue weighted by atomic mass is 19.1. The molecule has 3 rings (SSSR count). The third kappa shape index (κ3) is 3.14. The fourth-order valence-corrected chi connectivity index (χ4v) is 2.45. The first-order chi connectivity index (χ1) is 10.7. The van der Waals surface area contributed by atoms with Crippen molar-refractivity contribution in [3.8, 4) is 0 Å². The number of hydrogen-bond acceptors (Lipinski definition) is 3. The van der Waals surface area contributed by atoms with Gasteiger partial charge in [-0.1, -0.05) is 35.5 Å². The van der Waals surface area contributed by atoms with Gasteiger partial charge in [0, 0.05) is 12.2 Å². The molecule has 1 aliphatic rings. The number of nitrogens with zero attached hydrogens (tertiary/aromatic N) is 2. The average molecular weight is 298 g/mol. The number of carbonyl (C=O) groups is 1. The summed E-state index contributed by atoms with van der Waals surface area (Å²) in [7, 11) is 0. The number of anilines is 1. The lowest BCUT2D eigenvalue weighted by molar-refractivity contribution is -0.122. The van der Waals surface area contributed by atoms with Gasteiger partial charge in [-0.25, -0.2) is 4.39 Å². The Bertz CT molecular complexity index is 715. The maximum atomic E-state index is 13.0. The molecular formula is C17H15FN2O2. The Kier molecular flexibility index (Phi) is 4.14. The van der Waals surface area contributed by atoms with Crippen LogP contribution in [-0.2, 0) is 16.1 Å². The number of oxime groups is 1. The summed E-state index contributed by atoms with van der Waals surface area (Å²) in [6.07, 6.45) is 2.24. The van der Waals surface area contributed by atoms with E-state index in [1.54, 1.807) is 17.0 Å². The first-order valence-corrected chi connectivity index (χ1v) is 7.03. The number of rotatable bonds is 4. The maximum Gasteiger partial charge on any atom is 0.267 e. The lowest BCUT2D eigenvalue weighted by atomic mass is 10.2. The van der Waals surface area contributed by atoms with Gasteiger partial charge in [-0.15, -0.1) is 0 Å². The first-order valence-electron chi connectivity index (χ1n) is 7.03. The van der Waals surface area contributed by atoms with E-state index in [0.29, 0.717) is 12.1 Å². The number of benzene rings is 2. The van der Waals surface area contributed by atoms with E-state index in [-0.39, 0.29) is 18.3 Å². The van der Waals surface area contributed by atoms with Crippen LogP contribution in [0.5, 0.6) is 0 Å². The number of carbonyl (C=O) groups excluding carboxylic acids is 1. The smallest absolute Gasteiger partial charge is 0.267 e. The molecule has 0 saturated carbocycles. The third-order valence-corrected chi connectivity index (χ3v) is 3.50.